The molecule has 38 heavy (non-hydrogen) atoms. The minimum absolute atomic E-state index is 0.264. The zero-order chi connectivity index (χ0) is 27.2. The van der Waals surface area contributed by atoms with Crippen molar-refractivity contribution in [3.63, 3.8) is 0 Å². The van der Waals surface area contributed by atoms with E-state index in [1.54, 1.807) is 17.2 Å². The Morgan fingerprint density at radius 3 is 2.50 bits per heavy atom. The molecule has 0 aliphatic carbocycles. The van der Waals surface area contributed by atoms with Crippen LogP contribution >= 0.6 is 0 Å². The Labute approximate surface area is 217 Å². The van der Waals surface area contributed by atoms with Crippen LogP contribution in [-0.2, 0) is 6.18 Å². The number of aromatic nitrogens is 3. The molecule has 4 aromatic rings. The maximum Gasteiger partial charge on any atom is 0.418 e. The van der Waals surface area contributed by atoms with Gasteiger partial charge in [-0.25, -0.2) is 4.98 Å². The number of halogens is 3. The highest BCUT2D eigenvalue weighted by molar-refractivity contribution is 5.70. The van der Waals surface area contributed by atoms with Crippen LogP contribution in [0.15, 0.2) is 64.3 Å². The van der Waals surface area contributed by atoms with Crippen LogP contribution in [0.1, 0.15) is 42.9 Å². The van der Waals surface area contributed by atoms with Crippen LogP contribution in [0.4, 0.5) is 18.9 Å². The summed E-state index contributed by atoms with van der Waals surface area (Å²) in [6.07, 6.45) is -1.86. The SMILES string of the molecule is Cc1cc(-c2cc(C(C)C)c(=O)n(-c3cc(N4CCC(O)C4)ccc3C(F)(F)F)n2)cc(-c2cnco2)c1. The van der Waals surface area contributed by atoms with E-state index in [0.717, 1.165) is 21.9 Å². The number of β-amino-alcohol motifs (C(OH)–C–C–N with tert-alkyl or cyclic N) is 1. The molecule has 0 radical (unpaired) electrons. The Bertz CT molecular complexity index is 1530. The zero-order valence-corrected chi connectivity index (χ0v) is 21.2. The number of hydrogen-bond donors (Lipinski definition) is 1. The molecular weight excluding hydrogens is 497 g/mol. The molecule has 0 bridgehead atoms. The molecule has 1 fully saturated rings. The minimum atomic E-state index is -4.71. The Hall–Kier alpha value is -3.92. The molecule has 198 valence electrons. The third-order valence-electron chi connectivity index (χ3n) is 6.69. The highest BCUT2D eigenvalue weighted by Gasteiger charge is 2.36. The highest BCUT2D eigenvalue weighted by atomic mass is 19.4. The van der Waals surface area contributed by atoms with Crippen molar-refractivity contribution in [3.05, 3.63) is 82.1 Å². The van der Waals surface area contributed by atoms with E-state index in [9.17, 15) is 23.1 Å². The van der Waals surface area contributed by atoms with E-state index >= 15 is 0 Å². The van der Waals surface area contributed by atoms with Crippen molar-refractivity contribution in [1.29, 1.82) is 0 Å². The summed E-state index contributed by atoms with van der Waals surface area (Å²) in [5.41, 5.74) is 1.48. The van der Waals surface area contributed by atoms with Gasteiger partial charge in [0, 0.05) is 35.5 Å². The molecule has 0 amide bonds. The lowest BCUT2D eigenvalue weighted by Crippen LogP contribution is -2.29. The fraction of sp³-hybridized carbons (Fsp3) is 0.321. The summed E-state index contributed by atoms with van der Waals surface area (Å²) in [5.74, 6) is 0.271. The summed E-state index contributed by atoms with van der Waals surface area (Å²) < 4.78 is 48.8. The standard InChI is InChI=1S/C28H27F3N4O3/c1-16(2)22-12-24(18-8-17(3)9-19(10-18)26-13-32-15-38-26)33-35(27(22)37)25-11-20(34-7-6-21(36)14-34)4-5-23(25)28(29,30)31/h4-5,8-13,15-16,21,36H,6-7,14H2,1-3H3. The fourth-order valence-corrected chi connectivity index (χ4v) is 4.77. The summed E-state index contributed by atoms with van der Waals surface area (Å²) in [6, 6.07) is 10.9. The number of benzene rings is 2. The average molecular weight is 525 g/mol. The molecule has 1 unspecified atom stereocenters. The topological polar surface area (TPSA) is 84.4 Å². The molecule has 5 rings (SSSR count). The maximum atomic E-state index is 14.2. The van der Waals surface area contributed by atoms with E-state index in [1.165, 1.54) is 18.5 Å². The number of rotatable bonds is 5. The first kappa shape index (κ1) is 25.7. The lowest BCUT2D eigenvalue weighted by molar-refractivity contribution is -0.137. The van der Waals surface area contributed by atoms with Crippen molar-refractivity contribution in [2.24, 2.45) is 0 Å². The number of nitrogens with zero attached hydrogens (tertiary/aromatic N) is 4. The van der Waals surface area contributed by atoms with Gasteiger partial charge in [0.15, 0.2) is 12.2 Å². The quantitative estimate of drug-likeness (QED) is 0.367. The molecule has 1 saturated heterocycles. The number of hydrogen-bond acceptors (Lipinski definition) is 6. The third kappa shape index (κ3) is 4.96. The summed E-state index contributed by atoms with van der Waals surface area (Å²) in [4.78, 5) is 19.3. The monoisotopic (exact) mass is 524 g/mol. The van der Waals surface area contributed by atoms with Crippen LogP contribution < -0.4 is 10.5 Å². The Morgan fingerprint density at radius 1 is 1.11 bits per heavy atom. The largest absolute Gasteiger partial charge is 0.444 e. The molecule has 7 nitrogen and oxygen atoms in total. The van der Waals surface area contributed by atoms with Crippen LogP contribution in [0.25, 0.3) is 28.3 Å². The average Bonchev–Trinajstić information content (AvgIpc) is 3.55. The van der Waals surface area contributed by atoms with Crippen LogP contribution in [0.2, 0.25) is 0 Å². The first-order valence-electron chi connectivity index (χ1n) is 12.3. The Balaban J connectivity index is 1.73. The van der Waals surface area contributed by atoms with Crippen molar-refractivity contribution in [1.82, 2.24) is 14.8 Å². The van der Waals surface area contributed by atoms with Crippen molar-refractivity contribution in [2.75, 3.05) is 18.0 Å². The molecule has 0 spiro atoms. The highest BCUT2D eigenvalue weighted by Crippen LogP contribution is 2.37. The predicted molar refractivity (Wildman–Crippen MR) is 137 cm³/mol. The fourth-order valence-electron chi connectivity index (χ4n) is 4.77. The van der Waals surface area contributed by atoms with Gasteiger partial charge in [0.1, 0.15) is 0 Å². The van der Waals surface area contributed by atoms with Gasteiger partial charge < -0.3 is 14.4 Å². The number of anilines is 1. The van der Waals surface area contributed by atoms with Gasteiger partial charge in [-0.1, -0.05) is 13.8 Å². The normalized spacial score (nSPS) is 16.0. The molecule has 2 aromatic carbocycles. The summed E-state index contributed by atoms with van der Waals surface area (Å²) in [7, 11) is 0. The molecule has 1 aliphatic heterocycles. The molecule has 1 N–H and O–H groups in total. The van der Waals surface area contributed by atoms with Crippen LogP contribution in [0.3, 0.4) is 0 Å². The van der Waals surface area contributed by atoms with Crippen molar-refractivity contribution in [2.45, 2.75) is 45.4 Å². The Morgan fingerprint density at radius 2 is 1.87 bits per heavy atom. The lowest BCUT2D eigenvalue weighted by Gasteiger charge is -2.22. The van der Waals surface area contributed by atoms with Gasteiger partial charge in [-0.15, -0.1) is 0 Å². The molecule has 10 heteroatoms. The molecule has 3 heterocycles. The molecule has 0 saturated carbocycles. The third-order valence-corrected chi connectivity index (χ3v) is 6.69. The van der Waals surface area contributed by atoms with E-state index in [0.29, 0.717) is 47.8 Å². The predicted octanol–water partition coefficient (Wildman–Crippen LogP) is 5.58. The molecule has 2 aromatic heterocycles. The van der Waals surface area contributed by atoms with Gasteiger partial charge in [-0.2, -0.15) is 23.0 Å². The van der Waals surface area contributed by atoms with Crippen molar-refractivity contribution in [3.8, 4) is 28.3 Å². The summed E-state index contributed by atoms with van der Waals surface area (Å²) in [6.45, 7) is 6.32. The van der Waals surface area contributed by atoms with Gasteiger partial charge in [-0.05, 0) is 67.3 Å². The van der Waals surface area contributed by atoms with Crippen LogP contribution in [0.5, 0.6) is 0 Å². The second-order valence-electron chi connectivity index (χ2n) is 9.90. The van der Waals surface area contributed by atoms with Crippen molar-refractivity contribution < 1.29 is 22.7 Å². The first-order valence-corrected chi connectivity index (χ1v) is 12.3. The van der Waals surface area contributed by atoms with E-state index in [-0.39, 0.29) is 11.6 Å². The van der Waals surface area contributed by atoms with Gasteiger partial charge >= 0.3 is 6.18 Å². The van der Waals surface area contributed by atoms with Crippen molar-refractivity contribution >= 4 is 5.69 Å². The van der Waals surface area contributed by atoms with Crippen LogP contribution in [-0.4, -0.2) is 39.1 Å². The number of alkyl halides is 3. The molecule has 1 aliphatic rings. The smallest absolute Gasteiger partial charge is 0.418 e. The van der Waals surface area contributed by atoms with E-state index in [1.807, 2.05) is 39.0 Å². The maximum absolute atomic E-state index is 14.2. The summed E-state index contributed by atoms with van der Waals surface area (Å²) >= 11 is 0. The second-order valence-corrected chi connectivity index (χ2v) is 9.90. The number of aliphatic hydroxyl groups excluding tert-OH is 1. The minimum Gasteiger partial charge on any atom is -0.444 e. The summed E-state index contributed by atoms with van der Waals surface area (Å²) in [5, 5.41) is 14.4. The lowest BCUT2D eigenvalue weighted by atomic mass is 9.99. The number of oxazole rings is 1. The number of aliphatic hydroxyl groups is 1. The zero-order valence-electron chi connectivity index (χ0n) is 21.2. The van der Waals surface area contributed by atoms with Crippen LogP contribution in [0, 0.1) is 6.92 Å². The molecular formula is C28H27F3N4O3. The van der Waals surface area contributed by atoms with E-state index in [4.69, 9.17) is 4.42 Å². The van der Waals surface area contributed by atoms with Gasteiger partial charge in [0.2, 0.25) is 0 Å². The molecule has 1 atom stereocenters. The Kier molecular flexibility index (Phi) is 6.60. The first-order chi connectivity index (χ1) is 18.0. The van der Waals surface area contributed by atoms with Gasteiger partial charge in [0.05, 0.1) is 29.2 Å². The van der Waals surface area contributed by atoms with Gasteiger partial charge in [-0.3, -0.25) is 4.79 Å². The second kappa shape index (κ2) is 9.75. The van der Waals surface area contributed by atoms with Gasteiger partial charge in [0.25, 0.3) is 5.56 Å². The van der Waals surface area contributed by atoms with E-state index < -0.39 is 23.4 Å². The van der Waals surface area contributed by atoms with E-state index in [2.05, 4.69) is 10.1 Å². The number of aryl methyl sites for hydroxylation is 1.